The van der Waals surface area contributed by atoms with Crippen molar-refractivity contribution in [3.05, 3.63) is 60.8 Å². The largest absolute Gasteiger partial charge is 0.268 e. The summed E-state index contributed by atoms with van der Waals surface area (Å²) in [5.41, 5.74) is -0.0849. The summed E-state index contributed by atoms with van der Waals surface area (Å²) in [6.45, 7) is 0.137. The van der Waals surface area contributed by atoms with Crippen molar-refractivity contribution in [3.8, 4) is 0 Å². The summed E-state index contributed by atoms with van der Waals surface area (Å²) >= 11 is 11.6. The van der Waals surface area contributed by atoms with Crippen molar-refractivity contribution >= 4 is 23.2 Å². The number of rotatable bonds is 2. The fourth-order valence-corrected chi connectivity index (χ4v) is 1.73. The molecule has 0 saturated carbocycles. The Hall–Kier alpha value is -1.59. The van der Waals surface area contributed by atoms with E-state index in [0.717, 1.165) is 4.68 Å². The molecule has 0 unspecified atom stereocenters. The maximum atomic E-state index is 11.5. The Morgan fingerprint density at radius 2 is 2.06 bits per heavy atom. The number of halogens is 2. The Bertz CT molecular complexity index is 663. The number of H-pyrrole nitrogens is 1. The van der Waals surface area contributed by atoms with Crippen molar-refractivity contribution in [1.29, 1.82) is 0 Å². The Kier molecular flexibility index (Phi) is 3.31. The molecule has 88 valence electrons. The second-order valence-electron chi connectivity index (χ2n) is 3.33. The molecule has 2 aromatic heterocycles. The molecule has 0 radical (unpaired) electrons. The summed E-state index contributed by atoms with van der Waals surface area (Å²) in [4.78, 5) is 26.4. The first-order valence-electron chi connectivity index (χ1n) is 4.66. The quantitative estimate of drug-likeness (QED) is 0.837. The minimum absolute atomic E-state index is 0.137. The third-order valence-electron chi connectivity index (χ3n) is 2.11. The highest BCUT2D eigenvalue weighted by Crippen LogP contribution is 2.18. The highest BCUT2D eigenvalue weighted by Gasteiger charge is 2.04. The van der Waals surface area contributed by atoms with Gasteiger partial charge in [-0.25, -0.2) is 9.67 Å². The summed E-state index contributed by atoms with van der Waals surface area (Å²) in [5.74, 6) is 0. The summed E-state index contributed by atoms with van der Waals surface area (Å²) in [6, 6.07) is 3.83. The van der Waals surface area contributed by atoms with E-state index in [4.69, 9.17) is 23.2 Å². The minimum atomic E-state index is -0.359. The highest BCUT2D eigenvalue weighted by atomic mass is 35.5. The topological polar surface area (TPSA) is 67.8 Å². The lowest BCUT2D eigenvalue weighted by molar-refractivity contribution is 0.626. The first-order chi connectivity index (χ1) is 8.06. The highest BCUT2D eigenvalue weighted by molar-refractivity contribution is 6.34. The van der Waals surface area contributed by atoms with Gasteiger partial charge in [-0.15, -0.1) is 0 Å². The van der Waals surface area contributed by atoms with Crippen LogP contribution in [0.2, 0.25) is 10.2 Å². The molecule has 0 aliphatic heterocycles. The predicted octanol–water partition coefficient (Wildman–Crippen LogP) is 1.29. The summed E-state index contributed by atoms with van der Waals surface area (Å²) < 4.78 is 1.15. The van der Waals surface area contributed by atoms with E-state index in [2.05, 4.69) is 10.1 Å². The molecule has 0 fully saturated rings. The molecular weight excluding hydrogens is 265 g/mol. The van der Waals surface area contributed by atoms with Gasteiger partial charge in [0.25, 0.3) is 11.1 Å². The molecule has 5 nitrogen and oxygen atoms in total. The summed E-state index contributed by atoms with van der Waals surface area (Å²) in [5, 5.41) is 3.06. The van der Waals surface area contributed by atoms with Gasteiger partial charge in [0, 0.05) is 23.9 Å². The number of aromatic amines is 1. The van der Waals surface area contributed by atoms with E-state index in [0.29, 0.717) is 10.6 Å². The van der Waals surface area contributed by atoms with Crippen LogP contribution in [0.25, 0.3) is 0 Å². The van der Waals surface area contributed by atoms with Gasteiger partial charge >= 0.3 is 0 Å². The van der Waals surface area contributed by atoms with Crippen LogP contribution in [0, 0.1) is 0 Å². The predicted molar refractivity (Wildman–Crippen MR) is 64.7 cm³/mol. The smallest absolute Gasteiger partial charge is 0.265 e. The summed E-state index contributed by atoms with van der Waals surface area (Å²) in [6.07, 6.45) is 1.46. The monoisotopic (exact) mass is 271 g/mol. The molecule has 0 aliphatic rings. The Morgan fingerprint density at radius 3 is 2.76 bits per heavy atom. The van der Waals surface area contributed by atoms with Gasteiger partial charge in [0.15, 0.2) is 0 Å². The lowest BCUT2D eigenvalue weighted by Gasteiger charge is -2.06. The van der Waals surface area contributed by atoms with Crippen LogP contribution >= 0.6 is 23.2 Å². The van der Waals surface area contributed by atoms with Gasteiger partial charge in [-0.3, -0.25) is 14.7 Å². The van der Waals surface area contributed by atoms with Gasteiger partial charge in [-0.2, -0.15) is 0 Å². The van der Waals surface area contributed by atoms with E-state index in [1.807, 2.05) is 0 Å². The van der Waals surface area contributed by atoms with Gasteiger partial charge in [0.1, 0.15) is 5.15 Å². The van der Waals surface area contributed by atoms with E-state index in [1.165, 1.54) is 24.4 Å². The molecule has 0 saturated heterocycles. The number of pyridine rings is 1. The van der Waals surface area contributed by atoms with Crippen molar-refractivity contribution in [1.82, 2.24) is 14.8 Å². The standard InChI is InChI=1S/C10H7Cl2N3O2/c11-7-3-8(12)13-4-6(7)5-15-10(17)2-1-9(16)14-15/h1-4H,5H2,(H,14,16). The zero-order valence-corrected chi connectivity index (χ0v) is 10.00. The van der Waals surface area contributed by atoms with Crippen molar-refractivity contribution in [2.24, 2.45) is 0 Å². The Morgan fingerprint density at radius 1 is 1.29 bits per heavy atom. The van der Waals surface area contributed by atoms with Crippen LogP contribution in [0.15, 0.2) is 34.0 Å². The van der Waals surface area contributed by atoms with Crippen molar-refractivity contribution in [2.75, 3.05) is 0 Å². The van der Waals surface area contributed by atoms with Crippen LogP contribution in [0.5, 0.6) is 0 Å². The average Bonchev–Trinajstić information content (AvgIpc) is 2.27. The molecule has 0 aliphatic carbocycles. The number of hydrogen-bond donors (Lipinski definition) is 1. The Labute approximate surface area is 106 Å². The maximum Gasteiger partial charge on any atom is 0.265 e. The summed E-state index contributed by atoms with van der Waals surface area (Å²) in [7, 11) is 0. The van der Waals surface area contributed by atoms with Crippen LogP contribution in [-0.2, 0) is 6.54 Å². The van der Waals surface area contributed by atoms with Crippen LogP contribution in [-0.4, -0.2) is 14.8 Å². The first-order valence-corrected chi connectivity index (χ1v) is 5.42. The van der Waals surface area contributed by atoms with Crippen LogP contribution in [0.1, 0.15) is 5.56 Å². The van der Waals surface area contributed by atoms with Crippen LogP contribution in [0.3, 0.4) is 0 Å². The van der Waals surface area contributed by atoms with Crippen molar-refractivity contribution < 1.29 is 0 Å². The van der Waals surface area contributed by atoms with E-state index in [9.17, 15) is 9.59 Å². The molecule has 0 spiro atoms. The third-order valence-corrected chi connectivity index (χ3v) is 2.67. The Balaban J connectivity index is 2.41. The third kappa shape index (κ3) is 2.75. The number of hydrogen-bond acceptors (Lipinski definition) is 3. The molecule has 0 aromatic carbocycles. The lowest BCUT2D eigenvalue weighted by Crippen LogP contribution is -2.28. The van der Waals surface area contributed by atoms with E-state index in [1.54, 1.807) is 0 Å². The number of nitrogens with one attached hydrogen (secondary N) is 1. The van der Waals surface area contributed by atoms with Gasteiger partial charge in [-0.1, -0.05) is 23.2 Å². The molecule has 0 atom stereocenters. The van der Waals surface area contributed by atoms with Gasteiger partial charge in [-0.05, 0) is 6.07 Å². The number of nitrogens with zero attached hydrogens (tertiary/aromatic N) is 2. The minimum Gasteiger partial charge on any atom is -0.268 e. The molecule has 1 N–H and O–H groups in total. The van der Waals surface area contributed by atoms with Gasteiger partial charge in [0.05, 0.1) is 11.6 Å². The second-order valence-corrected chi connectivity index (χ2v) is 4.13. The average molecular weight is 272 g/mol. The molecule has 17 heavy (non-hydrogen) atoms. The zero-order chi connectivity index (χ0) is 12.4. The molecule has 0 amide bonds. The number of aromatic nitrogens is 3. The molecule has 2 aromatic rings. The molecule has 2 heterocycles. The maximum absolute atomic E-state index is 11.5. The van der Waals surface area contributed by atoms with Gasteiger partial charge in [0.2, 0.25) is 0 Å². The fourth-order valence-electron chi connectivity index (χ4n) is 1.30. The van der Waals surface area contributed by atoms with E-state index >= 15 is 0 Å². The molecule has 2 rings (SSSR count). The molecular formula is C10H7Cl2N3O2. The fraction of sp³-hybridized carbons (Fsp3) is 0.100. The SMILES string of the molecule is O=c1ccc(=O)n(Cc2cnc(Cl)cc2Cl)[nH]1. The van der Waals surface area contributed by atoms with Crippen LogP contribution in [0.4, 0.5) is 0 Å². The van der Waals surface area contributed by atoms with E-state index in [-0.39, 0.29) is 22.8 Å². The van der Waals surface area contributed by atoms with E-state index < -0.39 is 0 Å². The molecule has 7 heteroatoms. The normalized spacial score (nSPS) is 10.5. The first kappa shape index (κ1) is 11.9. The van der Waals surface area contributed by atoms with Gasteiger partial charge < -0.3 is 0 Å². The van der Waals surface area contributed by atoms with Crippen LogP contribution < -0.4 is 11.1 Å². The zero-order valence-electron chi connectivity index (χ0n) is 8.48. The van der Waals surface area contributed by atoms with Crippen molar-refractivity contribution in [2.45, 2.75) is 6.54 Å². The lowest BCUT2D eigenvalue weighted by atomic mass is 10.3. The second kappa shape index (κ2) is 4.73. The van der Waals surface area contributed by atoms with Crippen molar-refractivity contribution in [3.63, 3.8) is 0 Å². The molecule has 0 bridgehead atoms.